The second-order valence-electron chi connectivity index (χ2n) is 3.67. The van der Waals surface area contributed by atoms with Gasteiger partial charge in [0.05, 0.1) is 13.6 Å². The third kappa shape index (κ3) is 17.5. The van der Waals surface area contributed by atoms with Crippen LogP contribution in [0.1, 0.15) is 58.3 Å². The van der Waals surface area contributed by atoms with Crippen LogP contribution < -0.4 is 5.32 Å². The Hall–Kier alpha value is -0.550. The SMILES string of the molecule is CCCCCCCCCC[NH2+]C.[C-]#N. The van der Waals surface area contributed by atoms with Gasteiger partial charge < -0.3 is 17.2 Å². The minimum atomic E-state index is 1.31. The molecule has 0 aromatic rings. The molecule has 0 aliphatic rings. The topological polar surface area (TPSA) is 40.4 Å². The average molecular weight is 198 g/mol. The van der Waals surface area contributed by atoms with Gasteiger partial charge in [-0.3, -0.25) is 0 Å². The van der Waals surface area contributed by atoms with Crippen LogP contribution in [0.15, 0.2) is 0 Å². The van der Waals surface area contributed by atoms with Crippen molar-refractivity contribution in [2.45, 2.75) is 58.3 Å². The van der Waals surface area contributed by atoms with Crippen molar-refractivity contribution < 1.29 is 5.32 Å². The van der Waals surface area contributed by atoms with Crippen molar-refractivity contribution in [2.24, 2.45) is 0 Å². The second kappa shape index (κ2) is 18.3. The van der Waals surface area contributed by atoms with E-state index in [9.17, 15) is 0 Å². The van der Waals surface area contributed by atoms with E-state index in [1.165, 1.54) is 57.9 Å². The molecule has 0 spiro atoms. The molecule has 0 amide bonds. The van der Waals surface area contributed by atoms with Crippen LogP contribution in [0.5, 0.6) is 0 Å². The van der Waals surface area contributed by atoms with Crippen molar-refractivity contribution >= 4 is 0 Å². The number of quaternary nitrogens is 1. The molecule has 0 unspecified atom stereocenters. The van der Waals surface area contributed by atoms with Crippen molar-refractivity contribution in [1.29, 1.82) is 5.26 Å². The molecule has 0 aromatic carbocycles. The first kappa shape index (κ1) is 15.9. The summed E-state index contributed by atoms with van der Waals surface area (Å²) in [6, 6.07) is 0. The van der Waals surface area contributed by atoms with E-state index in [1.807, 2.05) is 0 Å². The average Bonchev–Trinajstić information content (AvgIpc) is 2.25. The summed E-state index contributed by atoms with van der Waals surface area (Å²) in [5.74, 6) is 0. The standard InChI is InChI=1S/C11H25N.CN/c1-3-4-5-6-7-8-9-10-11-12-2;1-2/h12H,3-11H2,1-2H3;/q;-1/p+1. The van der Waals surface area contributed by atoms with Gasteiger partial charge in [-0.2, -0.15) is 0 Å². The van der Waals surface area contributed by atoms with Crippen LogP contribution >= 0.6 is 0 Å². The maximum atomic E-state index is 6.25. The highest BCUT2D eigenvalue weighted by Crippen LogP contribution is 2.07. The van der Waals surface area contributed by atoms with Crippen molar-refractivity contribution in [3.63, 3.8) is 0 Å². The lowest BCUT2D eigenvalue weighted by Gasteiger charge is -1.99. The van der Waals surface area contributed by atoms with Gasteiger partial charge in [-0.25, -0.2) is 0 Å². The van der Waals surface area contributed by atoms with Gasteiger partial charge in [-0.1, -0.05) is 45.4 Å². The van der Waals surface area contributed by atoms with E-state index >= 15 is 0 Å². The first-order valence-corrected chi connectivity index (χ1v) is 5.92. The summed E-state index contributed by atoms with van der Waals surface area (Å²) in [7, 11) is 2.15. The fourth-order valence-electron chi connectivity index (χ4n) is 1.48. The molecule has 0 rings (SSSR count). The Morgan fingerprint density at radius 2 is 1.29 bits per heavy atom. The van der Waals surface area contributed by atoms with Crippen LogP contribution in [0, 0.1) is 11.8 Å². The Bertz CT molecular complexity index is 89.7. The Labute approximate surface area is 89.7 Å². The van der Waals surface area contributed by atoms with E-state index in [0.29, 0.717) is 0 Å². The minimum Gasteiger partial charge on any atom is -0.512 e. The number of unbranched alkanes of at least 4 members (excludes halogenated alkanes) is 7. The van der Waals surface area contributed by atoms with Gasteiger partial charge in [0, 0.05) is 0 Å². The molecule has 84 valence electrons. The summed E-state index contributed by atoms with van der Waals surface area (Å²) >= 11 is 0. The van der Waals surface area contributed by atoms with Crippen molar-refractivity contribution in [3.05, 3.63) is 6.57 Å². The van der Waals surface area contributed by atoms with Gasteiger partial charge in [0.2, 0.25) is 0 Å². The predicted octanol–water partition coefficient (Wildman–Crippen LogP) is 2.42. The van der Waals surface area contributed by atoms with Gasteiger partial charge in [-0.15, -0.1) is 0 Å². The third-order valence-electron chi connectivity index (χ3n) is 2.35. The molecule has 0 bridgehead atoms. The molecular formula is C12H26N2. The zero-order chi connectivity index (χ0) is 11.1. The lowest BCUT2D eigenvalue weighted by atomic mass is 10.1. The van der Waals surface area contributed by atoms with E-state index in [4.69, 9.17) is 11.8 Å². The number of hydrogen-bond acceptors (Lipinski definition) is 1. The molecule has 0 heterocycles. The predicted molar refractivity (Wildman–Crippen MR) is 60.3 cm³/mol. The highest BCUT2D eigenvalue weighted by Gasteiger charge is 1.90. The van der Waals surface area contributed by atoms with Crippen molar-refractivity contribution in [2.75, 3.05) is 13.6 Å². The highest BCUT2D eigenvalue weighted by molar-refractivity contribution is 4.44. The lowest BCUT2D eigenvalue weighted by Crippen LogP contribution is -2.79. The summed E-state index contributed by atoms with van der Waals surface area (Å²) in [4.78, 5) is 0. The summed E-state index contributed by atoms with van der Waals surface area (Å²) < 4.78 is 0. The first-order valence-electron chi connectivity index (χ1n) is 5.92. The lowest BCUT2D eigenvalue weighted by molar-refractivity contribution is -0.627. The smallest absolute Gasteiger partial charge is 0.0753 e. The monoisotopic (exact) mass is 198 g/mol. The third-order valence-corrected chi connectivity index (χ3v) is 2.35. The van der Waals surface area contributed by atoms with Crippen LogP contribution in [0.3, 0.4) is 0 Å². The van der Waals surface area contributed by atoms with Crippen molar-refractivity contribution in [3.8, 4) is 0 Å². The fourth-order valence-corrected chi connectivity index (χ4v) is 1.48. The van der Waals surface area contributed by atoms with Gasteiger partial charge in [-0.05, 0) is 12.8 Å². The maximum absolute atomic E-state index is 6.25. The maximum Gasteiger partial charge on any atom is 0.0753 e. The molecule has 0 aliphatic carbocycles. The fraction of sp³-hybridized carbons (Fsp3) is 0.917. The zero-order valence-corrected chi connectivity index (χ0v) is 9.89. The first-order chi connectivity index (χ1) is 6.91. The van der Waals surface area contributed by atoms with Crippen LogP contribution in [-0.2, 0) is 0 Å². The van der Waals surface area contributed by atoms with E-state index in [-0.39, 0.29) is 0 Å². The Kier molecular flexibility index (Phi) is 20.8. The van der Waals surface area contributed by atoms with Gasteiger partial charge in [0.15, 0.2) is 0 Å². The molecule has 0 saturated heterocycles. The van der Waals surface area contributed by atoms with E-state index in [1.54, 1.807) is 0 Å². The summed E-state index contributed by atoms with van der Waals surface area (Å²) in [5.41, 5.74) is 0. The van der Waals surface area contributed by atoms with Gasteiger partial charge in [0.1, 0.15) is 0 Å². The molecule has 0 aromatic heterocycles. The van der Waals surface area contributed by atoms with Gasteiger partial charge >= 0.3 is 0 Å². The van der Waals surface area contributed by atoms with E-state index in [2.05, 4.69) is 19.3 Å². The Morgan fingerprint density at radius 1 is 0.857 bits per heavy atom. The molecule has 14 heavy (non-hydrogen) atoms. The number of nitrogens with zero attached hydrogens (tertiary/aromatic N) is 1. The number of rotatable bonds is 9. The molecular weight excluding hydrogens is 172 g/mol. The normalized spacial score (nSPS) is 9.14. The number of hydrogen-bond donors (Lipinski definition) is 1. The molecule has 0 aliphatic heterocycles. The Morgan fingerprint density at radius 3 is 1.71 bits per heavy atom. The quantitative estimate of drug-likeness (QED) is 0.448. The summed E-state index contributed by atoms with van der Waals surface area (Å²) in [6.45, 7) is 8.34. The van der Waals surface area contributed by atoms with E-state index in [0.717, 1.165) is 0 Å². The second-order valence-corrected chi connectivity index (χ2v) is 3.67. The molecule has 0 fully saturated rings. The summed E-state index contributed by atoms with van der Waals surface area (Å²) in [5, 5.41) is 8.52. The molecule has 0 radical (unpaired) electrons. The van der Waals surface area contributed by atoms with Crippen LogP contribution in [0.2, 0.25) is 0 Å². The Balaban J connectivity index is 0. The largest absolute Gasteiger partial charge is 0.512 e. The van der Waals surface area contributed by atoms with Crippen LogP contribution in [0.25, 0.3) is 0 Å². The highest BCUT2D eigenvalue weighted by atomic mass is 14.8. The number of nitrogens with two attached hydrogens (primary N) is 1. The molecule has 2 N–H and O–H groups in total. The van der Waals surface area contributed by atoms with Crippen LogP contribution in [0.4, 0.5) is 0 Å². The van der Waals surface area contributed by atoms with Crippen LogP contribution in [-0.4, -0.2) is 13.6 Å². The zero-order valence-electron chi connectivity index (χ0n) is 9.89. The molecule has 2 nitrogen and oxygen atoms in total. The molecule has 0 atom stereocenters. The van der Waals surface area contributed by atoms with E-state index < -0.39 is 0 Å². The summed E-state index contributed by atoms with van der Waals surface area (Å²) in [6.07, 6.45) is 11.5. The molecule has 0 saturated carbocycles. The van der Waals surface area contributed by atoms with Crippen molar-refractivity contribution in [1.82, 2.24) is 0 Å². The van der Waals surface area contributed by atoms with Gasteiger partial charge in [0.25, 0.3) is 0 Å². The molecule has 2 heteroatoms. The minimum absolute atomic E-state index is 1.31.